The van der Waals surface area contributed by atoms with E-state index in [2.05, 4.69) is 6.07 Å². The third-order valence-electron chi connectivity index (χ3n) is 2.89. The summed E-state index contributed by atoms with van der Waals surface area (Å²) in [6, 6.07) is 9.45. The Bertz CT molecular complexity index is 451. The summed E-state index contributed by atoms with van der Waals surface area (Å²) in [4.78, 5) is 13.7. The first kappa shape index (κ1) is 14.2. The van der Waals surface area contributed by atoms with Crippen LogP contribution >= 0.6 is 0 Å². The summed E-state index contributed by atoms with van der Waals surface area (Å²) in [6.07, 6.45) is -0.459. The van der Waals surface area contributed by atoms with Gasteiger partial charge in [-0.05, 0) is 25.5 Å². The van der Waals surface area contributed by atoms with Gasteiger partial charge in [0.1, 0.15) is 6.10 Å². The molecule has 0 aromatic heterocycles. The molecular formula is C14H18N2O2. The highest BCUT2D eigenvalue weighted by molar-refractivity contribution is 5.80. The van der Waals surface area contributed by atoms with Gasteiger partial charge in [-0.2, -0.15) is 5.26 Å². The molecule has 1 aromatic carbocycles. The van der Waals surface area contributed by atoms with Crippen LogP contribution in [0.2, 0.25) is 0 Å². The SMILES string of the molecule is CCN(Cc1ccccc1C#N)C(=O)C(C)OC. The second-order valence-electron chi connectivity index (χ2n) is 4.00. The third-order valence-corrected chi connectivity index (χ3v) is 2.89. The molecule has 0 aliphatic carbocycles. The van der Waals surface area contributed by atoms with Crippen LogP contribution in [0.25, 0.3) is 0 Å². The molecule has 0 saturated heterocycles. The molecule has 0 saturated carbocycles. The van der Waals surface area contributed by atoms with E-state index in [-0.39, 0.29) is 5.91 Å². The highest BCUT2D eigenvalue weighted by Crippen LogP contribution is 2.12. The minimum atomic E-state index is -0.459. The van der Waals surface area contributed by atoms with E-state index in [0.29, 0.717) is 18.7 Å². The van der Waals surface area contributed by atoms with Gasteiger partial charge in [0.15, 0.2) is 0 Å². The number of carbonyl (C=O) groups excluding carboxylic acids is 1. The fraction of sp³-hybridized carbons (Fsp3) is 0.429. The number of nitriles is 1. The van der Waals surface area contributed by atoms with Crippen molar-refractivity contribution < 1.29 is 9.53 Å². The van der Waals surface area contributed by atoms with Crippen molar-refractivity contribution in [1.82, 2.24) is 4.90 Å². The number of nitrogens with zero attached hydrogens (tertiary/aromatic N) is 2. The van der Waals surface area contributed by atoms with Gasteiger partial charge in [-0.25, -0.2) is 0 Å². The lowest BCUT2D eigenvalue weighted by atomic mass is 10.1. The van der Waals surface area contributed by atoms with Gasteiger partial charge in [0.05, 0.1) is 11.6 Å². The average molecular weight is 246 g/mol. The highest BCUT2D eigenvalue weighted by Gasteiger charge is 2.19. The van der Waals surface area contributed by atoms with E-state index in [4.69, 9.17) is 10.00 Å². The van der Waals surface area contributed by atoms with Crippen molar-refractivity contribution in [2.75, 3.05) is 13.7 Å². The molecule has 0 bridgehead atoms. The van der Waals surface area contributed by atoms with Crippen molar-refractivity contribution in [3.05, 3.63) is 35.4 Å². The normalized spacial score (nSPS) is 11.7. The Balaban J connectivity index is 2.87. The molecule has 0 spiro atoms. The minimum absolute atomic E-state index is 0.0623. The molecule has 0 aliphatic rings. The zero-order valence-corrected chi connectivity index (χ0v) is 11.0. The van der Waals surface area contributed by atoms with Crippen LogP contribution in [0.5, 0.6) is 0 Å². The molecule has 4 nitrogen and oxygen atoms in total. The molecule has 0 radical (unpaired) electrons. The number of methoxy groups -OCH3 is 1. The zero-order valence-electron chi connectivity index (χ0n) is 11.0. The molecule has 1 unspecified atom stereocenters. The third kappa shape index (κ3) is 3.31. The van der Waals surface area contributed by atoms with Crippen molar-refractivity contribution in [3.8, 4) is 6.07 Å². The van der Waals surface area contributed by atoms with Crippen LogP contribution in [0.1, 0.15) is 25.0 Å². The number of benzene rings is 1. The van der Waals surface area contributed by atoms with E-state index >= 15 is 0 Å². The number of ether oxygens (including phenoxy) is 1. The van der Waals surface area contributed by atoms with Crippen LogP contribution < -0.4 is 0 Å². The summed E-state index contributed by atoms with van der Waals surface area (Å²) in [6.45, 7) is 4.66. The van der Waals surface area contributed by atoms with Gasteiger partial charge >= 0.3 is 0 Å². The second-order valence-corrected chi connectivity index (χ2v) is 4.00. The van der Waals surface area contributed by atoms with Crippen LogP contribution in [-0.4, -0.2) is 30.6 Å². The molecule has 0 heterocycles. The van der Waals surface area contributed by atoms with Crippen molar-refractivity contribution in [2.24, 2.45) is 0 Å². The monoisotopic (exact) mass is 246 g/mol. The fourth-order valence-corrected chi connectivity index (χ4v) is 1.68. The smallest absolute Gasteiger partial charge is 0.251 e. The molecule has 1 amide bonds. The Labute approximate surface area is 108 Å². The molecule has 0 aliphatic heterocycles. The quantitative estimate of drug-likeness (QED) is 0.797. The summed E-state index contributed by atoms with van der Waals surface area (Å²) < 4.78 is 5.03. The lowest BCUT2D eigenvalue weighted by molar-refractivity contribution is -0.141. The Morgan fingerprint density at radius 2 is 2.17 bits per heavy atom. The van der Waals surface area contributed by atoms with E-state index < -0.39 is 6.10 Å². The summed E-state index contributed by atoms with van der Waals surface area (Å²) in [5.41, 5.74) is 1.47. The van der Waals surface area contributed by atoms with Crippen LogP contribution in [0.3, 0.4) is 0 Å². The van der Waals surface area contributed by atoms with Crippen molar-refractivity contribution >= 4 is 5.91 Å². The van der Waals surface area contributed by atoms with Gasteiger partial charge in [0, 0.05) is 20.2 Å². The van der Waals surface area contributed by atoms with Gasteiger partial charge in [-0.15, -0.1) is 0 Å². The van der Waals surface area contributed by atoms with Crippen molar-refractivity contribution in [2.45, 2.75) is 26.5 Å². The Hall–Kier alpha value is -1.86. The molecule has 1 aromatic rings. The largest absolute Gasteiger partial charge is 0.372 e. The lowest BCUT2D eigenvalue weighted by Crippen LogP contribution is -2.38. The zero-order chi connectivity index (χ0) is 13.5. The number of rotatable bonds is 5. The highest BCUT2D eigenvalue weighted by atomic mass is 16.5. The molecule has 4 heteroatoms. The van der Waals surface area contributed by atoms with Gasteiger partial charge in [0.2, 0.25) is 0 Å². The first-order valence-corrected chi connectivity index (χ1v) is 5.93. The van der Waals surface area contributed by atoms with E-state index in [1.165, 1.54) is 7.11 Å². The predicted molar refractivity (Wildman–Crippen MR) is 68.7 cm³/mol. The Morgan fingerprint density at radius 3 is 2.72 bits per heavy atom. The van der Waals surface area contributed by atoms with E-state index in [9.17, 15) is 4.79 Å². The summed E-state index contributed by atoms with van der Waals surface area (Å²) in [5.74, 6) is -0.0623. The van der Waals surface area contributed by atoms with Crippen molar-refractivity contribution in [1.29, 1.82) is 5.26 Å². The van der Waals surface area contributed by atoms with Crippen molar-refractivity contribution in [3.63, 3.8) is 0 Å². The van der Waals surface area contributed by atoms with E-state index in [1.807, 2.05) is 25.1 Å². The molecular weight excluding hydrogens is 228 g/mol. The van der Waals surface area contributed by atoms with Crippen LogP contribution in [0, 0.1) is 11.3 Å². The maximum absolute atomic E-state index is 12.0. The van der Waals surface area contributed by atoms with Gasteiger partial charge in [-0.1, -0.05) is 18.2 Å². The molecule has 18 heavy (non-hydrogen) atoms. The number of hydrogen-bond acceptors (Lipinski definition) is 3. The Kier molecular flexibility index (Phi) is 5.34. The number of carbonyl (C=O) groups is 1. The Morgan fingerprint density at radius 1 is 1.50 bits per heavy atom. The molecule has 96 valence electrons. The standard InChI is InChI=1S/C14H18N2O2/c1-4-16(14(17)11(2)18-3)10-13-8-6-5-7-12(13)9-15/h5-8,11H,4,10H2,1-3H3. The van der Waals surface area contributed by atoms with Gasteiger partial charge in [0.25, 0.3) is 5.91 Å². The summed E-state index contributed by atoms with van der Waals surface area (Å²) >= 11 is 0. The predicted octanol–water partition coefficient (Wildman–Crippen LogP) is 1.94. The lowest BCUT2D eigenvalue weighted by Gasteiger charge is -2.24. The first-order chi connectivity index (χ1) is 8.63. The first-order valence-electron chi connectivity index (χ1n) is 5.93. The van der Waals surface area contributed by atoms with Crippen LogP contribution in [0.4, 0.5) is 0 Å². The number of likely N-dealkylation sites (N-methyl/N-ethyl adjacent to an activating group) is 1. The topological polar surface area (TPSA) is 53.3 Å². The van der Waals surface area contributed by atoms with Crippen LogP contribution in [-0.2, 0) is 16.1 Å². The molecule has 0 fully saturated rings. The van der Waals surface area contributed by atoms with Gasteiger partial charge < -0.3 is 9.64 Å². The number of amides is 1. The molecule has 1 rings (SSSR count). The molecule has 1 atom stereocenters. The number of hydrogen-bond donors (Lipinski definition) is 0. The van der Waals surface area contributed by atoms with E-state index in [0.717, 1.165) is 5.56 Å². The van der Waals surface area contributed by atoms with E-state index in [1.54, 1.807) is 17.9 Å². The summed E-state index contributed by atoms with van der Waals surface area (Å²) in [7, 11) is 1.51. The maximum atomic E-state index is 12.0. The fourth-order valence-electron chi connectivity index (χ4n) is 1.68. The summed E-state index contributed by atoms with van der Waals surface area (Å²) in [5, 5.41) is 9.02. The maximum Gasteiger partial charge on any atom is 0.251 e. The second kappa shape index (κ2) is 6.77. The van der Waals surface area contributed by atoms with Crippen LogP contribution in [0.15, 0.2) is 24.3 Å². The molecule has 0 N–H and O–H groups in total. The minimum Gasteiger partial charge on any atom is -0.372 e. The average Bonchev–Trinajstić information content (AvgIpc) is 2.43. The van der Waals surface area contributed by atoms with Gasteiger partial charge in [-0.3, -0.25) is 4.79 Å².